The lowest BCUT2D eigenvalue weighted by molar-refractivity contribution is -0.137. The van der Waals surface area contributed by atoms with Crippen molar-refractivity contribution in [2.45, 2.75) is 19.5 Å². The van der Waals surface area contributed by atoms with Gasteiger partial charge in [0.15, 0.2) is 0 Å². The maximum absolute atomic E-state index is 13.1. The third-order valence-electron chi connectivity index (χ3n) is 2.81. The number of H-pyrrole nitrogens is 1. The molecule has 1 heterocycles. The van der Waals surface area contributed by atoms with Crippen LogP contribution in [-0.2, 0) is 12.6 Å². The third kappa shape index (κ3) is 3.25. The summed E-state index contributed by atoms with van der Waals surface area (Å²) in [7, 11) is 0. The molecule has 1 N–H and O–H groups in total. The van der Waals surface area contributed by atoms with Gasteiger partial charge in [-0.1, -0.05) is 6.92 Å². The van der Waals surface area contributed by atoms with Gasteiger partial charge in [-0.15, -0.1) is 0 Å². The van der Waals surface area contributed by atoms with Crippen LogP contribution in [0.2, 0.25) is 0 Å². The number of aromatic amines is 1. The van der Waals surface area contributed by atoms with Crippen LogP contribution < -0.4 is 5.56 Å². The Hall–Kier alpha value is -1.45. The normalized spacial score (nSPS) is 11.7. The summed E-state index contributed by atoms with van der Waals surface area (Å²) in [6.07, 6.45) is -4.34. The topological polar surface area (TPSA) is 45.8 Å². The molecule has 2 aromatic rings. The highest BCUT2D eigenvalue weighted by molar-refractivity contribution is 14.1. The highest BCUT2D eigenvalue weighted by Crippen LogP contribution is 2.36. The summed E-state index contributed by atoms with van der Waals surface area (Å²) in [5.41, 5.74) is -1.65. The van der Waals surface area contributed by atoms with Gasteiger partial charge in [-0.2, -0.15) is 13.2 Å². The van der Waals surface area contributed by atoms with Crippen LogP contribution >= 0.6 is 22.6 Å². The summed E-state index contributed by atoms with van der Waals surface area (Å²) >= 11 is 1.78. The Bertz CT molecular complexity index is 740. The molecule has 112 valence electrons. The monoisotopic (exact) mass is 412 g/mol. The molecular weight excluding hydrogens is 403 g/mol. The molecule has 0 aliphatic carbocycles. The molecule has 21 heavy (non-hydrogen) atoms. The standard InChI is InChI=1S/C13H9F4IN2O/c1-2-9-10(18)12(21)20-11(19-9)7-4-3-6(14)5-8(7)13(15,16)17/h3-5H,2H2,1H3,(H,19,20,21). The number of rotatable bonds is 2. The van der Waals surface area contributed by atoms with Crippen LogP contribution in [-0.4, -0.2) is 9.97 Å². The van der Waals surface area contributed by atoms with Gasteiger partial charge in [-0.05, 0) is 47.2 Å². The summed E-state index contributed by atoms with van der Waals surface area (Å²) < 4.78 is 52.4. The van der Waals surface area contributed by atoms with Crippen LogP contribution in [0.25, 0.3) is 11.4 Å². The van der Waals surface area contributed by atoms with Crippen molar-refractivity contribution in [2.75, 3.05) is 0 Å². The number of halogens is 5. The highest BCUT2D eigenvalue weighted by Gasteiger charge is 2.35. The van der Waals surface area contributed by atoms with Crippen LogP contribution in [0.15, 0.2) is 23.0 Å². The van der Waals surface area contributed by atoms with Crippen molar-refractivity contribution in [3.8, 4) is 11.4 Å². The lowest BCUT2D eigenvalue weighted by Crippen LogP contribution is -2.17. The lowest BCUT2D eigenvalue weighted by atomic mass is 10.1. The number of nitrogens with one attached hydrogen (secondary N) is 1. The number of hydrogen-bond acceptors (Lipinski definition) is 2. The minimum Gasteiger partial charge on any atom is -0.306 e. The first kappa shape index (κ1) is 15.9. The van der Waals surface area contributed by atoms with E-state index < -0.39 is 23.1 Å². The van der Waals surface area contributed by atoms with E-state index in [1.807, 2.05) is 0 Å². The maximum atomic E-state index is 13.1. The lowest BCUT2D eigenvalue weighted by Gasteiger charge is -2.13. The zero-order valence-corrected chi connectivity index (χ0v) is 12.8. The van der Waals surface area contributed by atoms with E-state index in [0.29, 0.717) is 21.8 Å². The second-order valence-electron chi connectivity index (χ2n) is 4.22. The SMILES string of the molecule is CCc1nc(-c2ccc(F)cc2C(F)(F)F)[nH]c(=O)c1I. The van der Waals surface area contributed by atoms with Crippen molar-refractivity contribution >= 4 is 22.6 Å². The second kappa shape index (κ2) is 5.74. The molecule has 2 rings (SSSR count). The van der Waals surface area contributed by atoms with Crippen molar-refractivity contribution < 1.29 is 17.6 Å². The molecule has 0 spiro atoms. The molecule has 1 aromatic heterocycles. The zero-order valence-electron chi connectivity index (χ0n) is 10.7. The van der Waals surface area contributed by atoms with Crippen molar-refractivity contribution in [3.63, 3.8) is 0 Å². The predicted molar refractivity (Wildman–Crippen MR) is 77.3 cm³/mol. The Morgan fingerprint density at radius 3 is 2.57 bits per heavy atom. The van der Waals surface area contributed by atoms with Crippen LogP contribution in [0.5, 0.6) is 0 Å². The van der Waals surface area contributed by atoms with E-state index in [2.05, 4.69) is 9.97 Å². The molecule has 1 aromatic carbocycles. The van der Waals surface area contributed by atoms with E-state index in [1.165, 1.54) is 0 Å². The second-order valence-corrected chi connectivity index (χ2v) is 5.30. The smallest absolute Gasteiger partial charge is 0.306 e. The molecule has 0 atom stereocenters. The summed E-state index contributed by atoms with van der Waals surface area (Å²) in [6.45, 7) is 1.74. The fourth-order valence-corrected chi connectivity index (χ4v) is 2.46. The van der Waals surface area contributed by atoms with Crippen LogP contribution in [0.4, 0.5) is 17.6 Å². The molecule has 0 aliphatic heterocycles. The molecule has 0 bridgehead atoms. The quantitative estimate of drug-likeness (QED) is 0.604. The maximum Gasteiger partial charge on any atom is 0.417 e. The number of aryl methyl sites for hydroxylation is 1. The van der Waals surface area contributed by atoms with Gasteiger partial charge < -0.3 is 4.98 Å². The van der Waals surface area contributed by atoms with Gasteiger partial charge >= 0.3 is 6.18 Å². The Morgan fingerprint density at radius 2 is 2.00 bits per heavy atom. The van der Waals surface area contributed by atoms with Crippen LogP contribution in [0.3, 0.4) is 0 Å². The first-order valence-electron chi connectivity index (χ1n) is 5.89. The van der Waals surface area contributed by atoms with Gasteiger partial charge in [0.1, 0.15) is 11.6 Å². The number of alkyl halides is 3. The summed E-state index contributed by atoms with van der Waals surface area (Å²) in [5, 5.41) is 0. The number of aromatic nitrogens is 2. The van der Waals surface area contributed by atoms with E-state index >= 15 is 0 Å². The fraction of sp³-hybridized carbons (Fsp3) is 0.231. The van der Waals surface area contributed by atoms with Crippen molar-refractivity contribution in [3.05, 3.63) is 49.2 Å². The summed E-state index contributed by atoms with van der Waals surface area (Å²) in [4.78, 5) is 18.1. The average Bonchev–Trinajstić information content (AvgIpc) is 2.40. The Balaban J connectivity index is 2.73. The Morgan fingerprint density at radius 1 is 1.33 bits per heavy atom. The molecular formula is C13H9F4IN2O. The molecule has 0 saturated carbocycles. The Labute approximate surface area is 130 Å². The number of nitrogens with zero attached hydrogens (tertiary/aromatic N) is 1. The third-order valence-corrected chi connectivity index (χ3v) is 3.92. The molecule has 8 heteroatoms. The molecule has 3 nitrogen and oxygen atoms in total. The number of benzene rings is 1. The molecule has 0 radical (unpaired) electrons. The van der Waals surface area contributed by atoms with E-state index in [9.17, 15) is 22.4 Å². The minimum absolute atomic E-state index is 0.218. The van der Waals surface area contributed by atoms with Gasteiger partial charge in [0, 0.05) is 5.56 Å². The fourth-order valence-electron chi connectivity index (χ4n) is 1.82. The van der Waals surface area contributed by atoms with Gasteiger partial charge in [-0.25, -0.2) is 9.37 Å². The molecule has 0 aliphatic rings. The Kier molecular flexibility index (Phi) is 4.35. The predicted octanol–water partition coefficient (Wildman–Crippen LogP) is 3.76. The van der Waals surface area contributed by atoms with Gasteiger partial charge in [0.05, 0.1) is 14.8 Å². The van der Waals surface area contributed by atoms with Crippen molar-refractivity contribution in [2.24, 2.45) is 0 Å². The van der Waals surface area contributed by atoms with Crippen molar-refractivity contribution in [1.29, 1.82) is 0 Å². The minimum atomic E-state index is -4.74. The van der Waals surface area contributed by atoms with E-state index in [-0.39, 0.29) is 11.4 Å². The van der Waals surface area contributed by atoms with Gasteiger partial charge in [0.2, 0.25) is 0 Å². The summed E-state index contributed by atoms with van der Waals surface area (Å²) in [5.74, 6) is -1.22. The first-order valence-corrected chi connectivity index (χ1v) is 6.97. The largest absolute Gasteiger partial charge is 0.417 e. The van der Waals surface area contributed by atoms with E-state index in [0.717, 1.165) is 12.1 Å². The highest BCUT2D eigenvalue weighted by atomic mass is 127. The average molecular weight is 412 g/mol. The van der Waals surface area contributed by atoms with Gasteiger partial charge in [0.25, 0.3) is 5.56 Å². The van der Waals surface area contributed by atoms with Gasteiger partial charge in [-0.3, -0.25) is 4.79 Å². The molecule has 0 amide bonds. The molecule has 0 unspecified atom stereocenters. The van der Waals surface area contributed by atoms with Crippen LogP contribution in [0, 0.1) is 9.39 Å². The number of hydrogen-bond donors (Lipinski definition) is 1. The molecule has 0 fully saturated rings. The van der Waals surface area contributed by atoms with E-state index in [4.69, 9.17) is 0 Å². The van der Waals surface area contributed by atoms with Crippen LogP contribution in [0.1, 0.15) is 18.2 Å². The summed E-state index contributed by atoms with van der Waals surface area (Å²) in [6, 6.07) is 2.25. The zero-order chi connectivity index (χ0) is 15.8. The van der Waals surface area contributed by atoms with E-state index in [1.54, 1.807) is 29.5 Å². The first-order chi connectivity index (χ1) is 9.74. The molecule has 0 saturated heterocycles. The van der Waals surface area contributed by atoms with Crippen molar-refractivity contribution in [1.82, 2.24) is 9.97 Å².